The predicted molar refractivity (Wildman–Crippen MR) is 93.8 cm³/mol. The number of benzene rings is 2. The smallest absolute Gasteiger partial charge is 0.255 e. The monoisotopic (exact) mass is 337 g/mol. The molecular formula is C19H19N3O3. The van der Waals surface area contributed by atoms with Gasteiger partial charge in [0.05, 0.1) is 6.04 Å². The van der Waals surface area contributed by atoms with Gasteiger partial charge in [-0.1, -0.05) is 36.4 Å². The molecule has 6 heteroatoms. The highest BCUT2D eigenvalue weighted by Crippen LogP contribution is 2.17. The molecule has 2 aromatic rings. The van der Waals surface area contributed by atoms with Gasteiger partial charge >= 0.3 is 0 Å². The maximum atomic E-state index is 12.3. The number of anilines is 1. The molecule has 3 rings (SSSR count). The number of carbonyl (C=O) groups excluding carboxylic acids is 3. The maximum absolute atomic E-state index is 12.3. The molecule has 25 heavy (non-hydrogen) atoms. The molecule has 6 nitrogen and oxygen atoms in total. The summed E-state index contributed by atoms with van der Waals surface area (Å²) in [4.78, 5) is 35.3. The molecule has 0 aromatic heterocycles. The minimum Gasteiger partial charge on any atom is -0.322 e. The van der Waals surface area contributed by atoms with Crippen molar-refractivity contribution in [1.82, 2.24) is 10.6 Å². The number of hydrogen-bond acceptors (Lipinski definition) is 4. The van der Waals surface area contributed by atoms with E-state index in [1.165, 1.54) is 0 Å². The van der Waals surface area contributed by atoms with Crippen LogP contribution < -0.4 is 16.0 Å². The topological polar surface area (TPSA) is 87.3 Å². The van der Waals surface area contributed by atoms with E-state index in [1.54, 1.807) is 12.1 Å². The highest BCUT2D eigenvalue weighted by Gasteiger charge is 2.26. The Morgan fingerprint density at radius 2 is 1.76 bits per heavy atom. The number of piperidine rings is 1. The van der Waals surface area contributed by atoms with Crippen LogP contribution in [0.4, 0.5) is 5.69 Å². The van der Waals surface area contributed by atoms with E-state index in [4.69, 9.17) is 0 Å². The molecule has 0 bridgehead atoms. The van der Waals surface area contributed by atoms with Crippen molar-refractivity contribution in [3.05, 3.63) is 65.7 Å². The molecule has 0 unspecified atom stereocenters. The van der Waals surface area contributed by atoms with Crippen molar-refractivity contribution in [2.45, 2.75) is 25.4 Å². The quantitative estimate of drug-likeness (QED) is 0.727. The Bertz CT molecular complexity index is 790. The molecule has 3 N–H and O–H groups in total. The normalized spacial score (nSPS) is 17.0. The fraction of sp³-hybridized carbons (Fsp3) is 0.211. The van der Waals surface area contributed by atoms with Crippen LogP contribution in [-0.2, 0) is 16.1 Å². The van der Waals surface area contributed by atoms with Crippen LogP contribution in [0.3, 0.4) is 0 Å². The van der Waals surface area contributed by atoms with Crippen molar-refractivity contribution in [2.75, 3.05) is 5.32 Å². The number of nitrogens with one attached hydrogen (secondary N) is 3. The minimum atomic E-state index is -0.407. The molecule has 128 valence electrons. The van der Waals surface area contributed by atoms with Crippen LogP contribution >= 0.6 is 0 Å². The van der Waals surface area contributed by atoms with Crippen molar-refractivity contribution < 1.29 is 14.4 Å². The molecule has 1 saturated heterocycles. The van der Waals surface area contributed by atoms with E-state index in [0.29, 0.717) is 30.6 Å². The second-order valence-electron chi connectivity index (χ2n) is 5.86. The van der Waals surface area contributed by atoms with Crippen molar-refractivity contribution >= 4 is 23.4 Å². The maximum Gasteiger partial charge on any atom is 0.255 e. The van der Waals surface area contributed by atoms with Crippen LogP contribution in [0.25, 0.3) is 0 Å². The van der Waals surface area contributed by atoms with E-state index >= 15 is 0 Å². The first-order chi connectivity index (χ1) is 12.1. The molecule has 1 heterocycles. The molecule has 2 aromatic carbocycles. The van der Waals surface area contributed by atoms with Crippen LogP contribution in [0.15, 0.2) is 54.6 Å². The Morgan fingerprint density at radius 1 is 1.04 bits per heavy atom. The summed E-state index contributed by atoms with van der Waals surface area (Å²) in [6, 6.07) is 16.0. The number of carbonyl (C=O) groups is 3. The number of para-hydroxylation sites is 1. The number of hydrogen-bond donors (Lipinski definition) is 3. The van der Waals surface area contributed by atoms with Crippen molar-refractivity contribution in [3.8, 4) is 0 Å². The van der Waals surface area contributed by atoms with E-state index in [0.717, 1.165) is 5.56 Å². The van der Waals surface area contributed by atoms with Gasteiger partial charge in [0.2, 0.25) is 11.8 Å². The van der Waals surface area contributed by atoms with Crippen molar-refractivity contribution in [3.63, 3.8) is 0 Å². The van der Waals surface area contributed by atoms with Gasteiger partial charge in [-0.2, -0.15) is 0 Å². The van der Waals surface area contributed by atoms with Crippen LogP contribution in [0, 0.1) is 0 Å². The molecule has 1 aliphatic heterocycles. The third kappa shape index (κ3) is 4.30. The van der Waals surface area contributed by atoms with Gasteiger partial charge in [-0.15, -0.1) is 0 Å². The number of imide groups is 1. The summed E-state index contributed by atoms with van der Waals surface area (Å²) >= 11 is 0. The first-order valence-electron chi connectivity index (χ1n) is 8.15. The zero-order chi connectivity index (χ0) is 17.6. The lowest BCUT2D eigenvalue weighted by Crippen LogP contribution is -2.50. The zero-order valence-corrected chi connectivity index (χ0v) is 13.6. The summed E-state index contributed by atoms with van der Waals surface area (Å²) < 4.78 is 0. The first kappa shape index (κ1) is 16.9. The third-order valence-corrected chi connectivity index (χ3v) is 4.08. The lowest BCUT2D eigenvalue weighted by atomic mass is 10.1. The lowest BCUT2D eigenvalue weighted by molar-refractivity contribution is -0.134. The molecular weight excluding hydrogens is 318 g/mol. The van der Waals surface area contributed by atoms with Gasteiger partial charge in [0.25, 0.3) is 5.91 Å². The zero-order valence-electron chi connectivity index (χ0n) is 13.6. The minimum absolute atomic E-state index is 0.186. The van der Waals surface area contributed by atoms with E-state index in [-0.39, 0.29) is 17.7 Å². The average molecular weight is 337 g/mol. The molecule has 0 saturated carbocycles. The Labute approximate surface area is 145 Å². The Balaban J connectivity index is 1.66. The Hall–Kier alpha value is -2.99. The molecule has 1 aliphatic rings. The van der Waals surface area contributed by atoms with Crippen molar-refractivity contribution in [2.24, 2.45) is 0 Å². The largest absolute Gasteiger partial charge is 0.322 e. The number of amides is 3. The predicted octanol–water partition coefficient (Wildman–Crippen LogP) is 1.83. The first-order valence-corrected chi connectivity index (χ1v) is 8.15. The summed E-state index contributed by atoms with van der Waals surface area (Å²) in [5.74, 6) is -0.727. The summed E-state index contributed by atoms with van der Waals surface area (Å²) in [5, 5.41) is 8.37. The van der Waals surface area contributed by atoms with E-state index in [2.05, 4.69) is 16.0 Å². The van der Waals surface area contributed by atoms with Gasteiger partial charge in [0.15, 0.2) is 0 Å². The van der Waals surface area contributed by atoms with Gasteiger partial charge in [0, 0.05) is 24.2 Å². The molecule has 1 fully saturated rings. The summed E-state index contributed by atoms with van der Waals surface area (Å²) in [6.45, 7) is 0.414. The third-order valence-electron chi connectivity index (χ3n) is 4.08. The van der Waals surface area contributed by atoms with Crippen molar-refractivity contribution in [1.29, 1.82) is 0 Å². The SMILES string of the molecule is O=C1CC[C@H](NCc2ccccc2NC(=O)c2ccccc2)C(=O)N1. The van der Waals surface area contributed by atoms with Crippen LogP contribution in [0.1, 0.15) is 28.8 Å². The van der Waals surface area contributed by atoms with E-state index in [1.807, 2.05) is 42.5 Å². The van der Waals surface area contributed by atoms with Crippen LogP contribution in [0.5, 0.6) is 0 Å². The van der Waals surface area contributed by atoms with Gasteiger partial charge in [-0.25, -0.2) is 0 Å². The summed E-state index contributed by atoms with van der Waals surface area (Å²) in [7, 11) is 0. The molecule has 0 radical (unpaired) electrons. The van der Waals surface area contributed by atoms with Crippen LogP contribution in [0.2, 0.25) is 0 Å². The lowest BCUT2D eigenvalue weighted by Gasteiger charge is -2.22. The summed E-state index contributed by atoms with van der Waals surface area (Å²) in [5.41, 5.74) is 2.14. The summed E-state index contributed by atoms with van der Waals surface area (Å²) in [6.07, 6.45) is 0.805. The van der Waals surface area contributed by atoms with Crippen LogP contribution in [-0.4, -0.2) is 23.8 Å². The Morgan fingerprint density at radius 3 is 2.52 bits per heavy atom. The van der Waals surface area contributed by atoms with Gasteiger partial charge in [-0.3, -0.25) is 19.7 Å². The Kier molecular flexibility index (Phi) is 5.20. The fourth-order valence-electron chi connectivity index (χ4n) is 2.70. The van der Waals surface area contributed by atoms with E-state index in [9.17, 15) is 14.4 Å². The molecule has 3 amide bonds. The fourth-order valence-corrected chi connectivity index (χ4v) is 2.70. The van der Waals surface area contributed by atoms with E-state index < -0.39 is 6.04 Å². The van der Waals surface area contributed by atoms with Gasteiger partial charge in [-0.05, 0) is 30.2 Å². The molecule has 1 atom stereocenters. The molecule has 0 aliphatic carbocycles. The average Bonchev–Trinajstić information content (AvgIpc) is 2.63. The van der Waals surface area contributed by atoms with Gasteiger partial charge < -0.3 is 10.6 Å². The molecule has 0 spiro atoms. The standard InChI is InChI=1S/C19H19N3O3/c23-17-11-10-16(19(25)22-17)20-12-14-8-4-5-9-15(14)21-18(24)13-6-2-1-3-7-13/h1-9,16,20H,10-12H2,(H,21,24)(H,22,23,25)/t16-/m0/s1. The number of rotatable bonds is 5. The van der Waals surface area contributed by atoms with Gasteiger partial charge in [0.1, 0.15) is 0 Å². The highest BCUT2D eigenvalue weighted by atomic mass is 16.2. The second kappa shape index (κ2) is 7.72. The second-order valence-corrected chi connectivity index (χ2v) is 5.86. The highest BCUT2D eigenvalue weighted by molar-refractivity contribution is 6.04.